The van der Waals surface area contributed by atoms with Crippen molar-refractivity contribution in [1.29, 1.82) is 0 Å². The molecule has 0 unspecified atom stereocenters. The van der Waals surface area contributed by atoms with Crippen molar-refractivity contribution in [2.24, 2.45) is 0 Å². The number of fused-ring (bicyclic) bond motifs is 2. The first-order chi connectivity index (χ1) is 14.1. The number of pyridine rings is 1. The summed E-state index contributed by atoms with van der Waals surface area (Å²) in [5, 5.41) is 6.57. The van der Waals surface area contributed by atoms with Crippen LogP contribution in [-0.4, -0.2) is 24.7 Å². The van der Waals surface area contributed by atoms with Crippen LogP contribution in [0.3, 0.4) is 0 Å². The number of benzene rings is 2. The molecule has 3 aromatic heterocycles. The monoisotopic (exact) mass is 492 g/mol. The van der Waals surface area contributed by atoms with Crippen molar-refractivity contribution in [3.8, 4) is 11.3 Å². The molecule has 29 heavy (non-hydrogen) atoms. The molecule has 3 heterocycles. The Hall–Kier alpha value is -3.07. The number of anilines is 1. The number of hydrogen-bond acceptors (Lipinski definition) is 5. The van der Waals surface area contributed by atoms with Crippen LogP contribution in [-0.2, 0) is 6.54 Å². The van der Waals surface area contributed by atoms with E-state index in [0.29, 0.717) is 12.4 Å². The number of nitrogens with zero attached hydrogens (tertiary/aromatic N) is 5. The first kappa shape index (κ1) is 18.0. The minimum Gasteiger partial charge on any atom is -0.383 e. The SMILES string of the molecule is Cc1cccc2cc(Cn3nc(I)c4c(N)ncnc43)c(-c3ccccc3)nc12. The highest BCUT2D eigenvalue weighted by Gasteiger charge is 2.17. The fraction of sp³-hybridized carbons (Fsp3) is 0.0909. The maximum Gasteiger partial charge on any atom is 0.164 e. The average molecular weight is 492 g/mol. The maximum atomic E-state index is 6.05. The highest BCUT2D eigenvalue weighted by Crippen LogP contribution is 2.29. The van der Waals surface area contributed by atoms with E-state index in [0.717, 1.165) is 48.0 Å². The molecule has 0 aliphatic heterocycles. The van der Waals surface area contributed by atoms with Crippen LogP contribution in [0.2, 0.25) is 0 Å². The molecule has 0 aliphatic rings. The Kier molecular flexibility index (Phi) is 4.39. The molecular formula is C22H17IN6. The van der Waals surface area contributed by atoms with Gasteiger partial charge >= 0.3 is 0 Å². The Labute approximate surface area is 181 Å². The third-order valence-electron chi connectivity index (χ3n) is 5.01. The summed E-state index contributed by atoms with van der Waals surface area (Å²) < 4.78 is 2.67. The van der Waals surface area contributed by atoms with Crippen LogP contribution >= 0.6 is 22.6 Å². The zero-order chi connectivity index (χ0) is 20.0. The minimum atomic E-state index is 0.446. The normalized spacial score (nSPS) is 11.4. The van der Waals surface area contributed by atoms with Crippen LogP contribution in [0.15, 0.2) is 60.9 Å². The minimum absolute atomic E-state index is 0.446. The van der Waals surface area contributed by atoms with E-state index in [4.69, 9.17) is 10.7 Å². The molecule has 0 aliphatic carbocycles. The van der Waals surface area contributed by atoms with Crippen LogP contribution in [0.25, 0.3) is 33.2 Å². The third-order valence-corrected chi connectivity index (χ3v) is 5.76. The molecule has 2 aromatic carbocycles. The van der Waals surface area contributed by atoms with E-state index < -0.39 is 0 Å². The predicted octanol–water partition coefficient (Wildman–Crippen LogP) is 4.59. The summed E-state index contributed by atoms with van der Waals surface area (Å²) in [7, 11) is 0. The maximum absolute atomic E-state index is 6.05. The Morgan fingerprint density at radius 3 is 2.69 bits per heavy atom. The van der Waals surface area contributed by atoms with Gasteiger partial charge in [0.05, 0.1) is 23.1 Å². The van der Waals surface area contributed by atoms with E-state index >= 15 is 0 Å². The van der Waals surface area contributed by atoms with Gasteiger partial charge in [0.2, 0.25) is 0 Å². The lowest BCUT2D eigenvalue weighted by Gasteiger charge is -2.13. The number of nitrogen functional groups attached to an aromatic ring is 1. The molecule has 142 valence electrons. The van der Waals surface area contributed by atoms with Gasteiger partial charge in [-0.25, -0.2) is 19.6 Å². The van der Waals surface area contributed by atoms with Crippen LogP contribution in [0, 0.1) is 10.6 Å². The fourth-order valence-electron chi connectivity index (χ4n) is 3.62. The number of nitrogens with two attached hydrogens (primary N) is 1. The van der Waals surface area contributed by atoms with Crippen molar-refractivity contribution in [2.75, 3.05) is 5.73 Å². The number of para-hydroxylation sites is 1. The van der Waals surface area contributed by atoms with Crippen LogP contribution in [0.1, 0.15) is 11.1 Å². The van der Waals surface area contributed by atoms with E-state index in [1.165, 1.54) is 6.33 Å². The summed E-state index contributed by atoms with van der Waals surface area (Å²) in [4.78, 5) is 13.6. The topological polar surface area (TPSA) is 82.5 Å². The van der Waals surface area contributed by atoms with Crippen molar-refractivity contribution in [1.82, 2.24) is 24.7 Å². The van der Waals surface area contributed by atoms with Gasteiger partial charge in [0.25, 0.3) is 0 Å². The van der Waals surface area contributed by atoms with Gasteiger partial charge in [0.1, 0.15) is 15.8 Å². The van der Waals surface area contributed by atoms with E-state index in [1.807, 2.05) is 22.9 Å². The predicted molar refractivity (Wildman–Crippen MR) is 123 cm³/mol. The molecule has 6 nitrogen and oxygen atoms in total. The Morgan fingerprint density at radius 1 is 1.03 bits per heavy atom. The van der Waals surface area contributed by atoms with E-state index in [1.54, 1.807) is 0 Å². The van der Waals surface area contributed by atoms with Gasteiger partial charge in [-0.15, -0.1) is 0 Å². The van der Waals surface area contributed by atoms with Gasteiger partial charge in [-0.3, -0.25) is 0 Å². The summed E-state index contributed by atoms with van der Waals surface area (Å²) in [6.45, 7) is 2.63. The Balaban J connectivity index is 1.74. The van der Waals surface area contributed by atoms with E-state index in [-0.39, 0.29) is 0 Å². The molecule has 0 bridgehead atoms. The van der Waals surface area contributed by atoms with Crippen LogP contribution in [0.4, 0.5) is 5.82 Å². The Morgan fingerprint density at radius 2 is 1.86 bits per heavy atom. The summed E-state index contributed by atoms with van der Waals surface area (Å²) >= 11 is 2.18. The average Bonchev–Trinajstić information content (AvgIpc) is 3.05. The van der Waals surface area contributed by atoms with Gasteiger partial charge in [0.15, 0.2) is 5.65 Å². The second-order valence-electron chi connectivity index (χ2n) is 6.91. The zero-order valence-corrected chi connectivity index (χ0v) is 17.8. The van der Waals surface area contributed by atoms with E-state index in [2.05, 4.69) is 81.0 Å². The number of aromatic nitrogens is 5. The number of rotatable bonds is 3. The molecule has 0 fully saturated rings. The smallest absolute Gasteiger partial charge is 0.164 e. The summed E-state index contributed by atoms with van der Waals surface area (Å²) in [6.07, 6.45) is 1.48. The van der Waals surface area contributed by atoms with Crippen molar-refractivity contribution in [3.63, 3.8) is 0 Å². The zero-order valence-electron chi connectivity index (χ0n) is 15.7. The first-order valence-corrected chi connectivity index (χ1v) is 10.3. The van der Waals surface area contributed by atoms with Gasteiger partial charge in [-0.1, -0.05) is 48.5 Å². The Bertz CT molecular complexity index is 1360. The summed E-state index contributed by atoms with van der Waals surface area (Å²) in [5.74, 6) is 0.446. The molecule has 0 amide bonds. The molecule has 0 saturated heterocycles. The van der Waals surface area contributed by atoms with Crippen molar-refractivity contribution < 1.29 is 0 Å². The highest BCUT2D eigenvalue weighted by molar-refractivity contribution is 14.1. The second kappa shape index (κ2) is 7.07. The molecule has 2 N–H and O–H groups in total. The van der Waals surface area contributed by atoms with Gasteiger partial charge in [-0.05, 0) is 41.1 Å². The van der Waals surface area contributed by atoms with Crippen LogP contribution < -0.4 is 5.73 Å². The fourth-order valence-corrected chi connectivity index (χ4v) is 4.39. The summed E-state index contributed by atoms with van der Waals surface area (Å²) in [5.41, 5.74) is 12.1. The lowest BCUT2D eigenvalue weighted by atomic mass is 10.0. The van der Waals surface area contributed by atoms with Crippen molar-refractivity contribution >= 4 is 50.3 Å². The third kappa shape index (κ3) is 3.11. The molecule has 5 rings (SSSR count). The molecule has 7 heteroatoms. The largest absolute Gasteiger partial charge is 0.383 e. The number of aryl methyl sites for hydroxylation is 1. The summed E-state index contributed by atoms with van der Waals surface area (Å²) in [6, 6.07) is 18.7. The highest BCUT2D eigenvalue weighted by atomic mass is 127. The quantitative estimate of drug-likeness (QED) is 0.373. The van der Waals surface area contributed by atoms with Gasteiger partial charge in [-0.2, -0.15) is 5.10 Å². The number of hydrogen-bond donors (Lipinski definition) is 1. The van der Waals surface area contributed by atoms with Gasteiger partial charge in [0, 0.05) is 16.5 Å². The first-order valence-electron chi connectivity index (χ1n) is 9.19. The molecule has 0 atom stereocenters. The molecule has 5 aromatic rings. The standard InChI is InChI=1S/C22H17IN6/c1-13-6-5-9-15-10-16(19(27-18(13)15)14-7-3-2-4-8-14)11-29-22-17(20(23)28-29)21(24)25-12-26-22/h2-10,12H,11H2,1H3,(H2,24,25,26). The van der Waals surface area contributed by atoms with Gasteiger partial charge < -0.3 is 5.73 Å². The van der Waals surface area contributed by atoms with E-state index in [9.17, 15) is 0 Å². The lowest BCUT2D eigenvalue weighted by molar-refractivity contribution is 0.697. The molecule has 0 spiro atoms. The van der Waals surface area contributed by atoms with Crippen LogP contribution in [0.5, 0.6) is 0 Å². The molecule has 0 radical (unpaired) electrons. The van der Waals surface area contributed by atoms with Crippen molar-refractivity contribution in [3.05, 3.63) is 75.8 Å². The second-order valence-corrected chi connectivity index (χ2v) is 7.94. The lowest BCUT2D eigenvalue weighted by Crippen LogP contribution is -2.06. The molecule has 0 saturated carbocycles. The number of halogens is 1. The van der Waals surface area contributed by atoms with Crippen molar-refractivity contribution in [2.45, 2.75) is 13.5 Å². The molecular weight excluding hydrogens is 475 g/mol.